The van der Waals surface area contributed by atoms with Gasteiger partial charge in [0.05, 0.1) is 5.41 Å². The molecule has 0 bridgehead atoms. The molecule has 0 atom stereocenters. The first-order chi connectivity index (χ1) is 9.50. The molecule has 1 aliphatic rings. The van der Waals surface area contributed by atoms with Gasteiger partial charge in [0.1, 0.15) is 0 Å². The summed E-state index contributed by atoms with van der Waals surface area (Å²) in [4.78, 5) is 12.4. The van der Waals surface area contributed by atoms with Gasteiger partial charge in [-0.2, -0.15) is 0 Å². The number of amides is 1. The van der Waals surface area contributed by atoms with E-state index in [1.165, 1.54) is 5.57 Å². The van der Waals surface area contributed by atoms with E-state index in [2.05, 4.69) is 32.6 Å². The number of benzene rings is 1. The second-order valence-corrected chi connectivity index (χ2v) is 6.55. The van der Waals surface area contributed by atoms with Crippen LogP contribution in [0.5, 0.6) is 0 Å². The Morgan fingerprint density at radius 1 is 1.33 bits per heavy atom. The van der Waals surface area contributed by atoms with Crippen molar-refractivity contribution >= 4 is 34.2 Å². The molecule has 0 aliphatic carbocycles. The molecule has 0 spiro atoms. The summed E-state index contributed by atoms with van der Waals surface area (Å²) in [6, 6.07) is 7.93. The number of carbonyl (C=O) groups excluding carboxylic acids is 1. The van der Waals surface area contributed by atoms with Crippen LogP contribution in [0.15, 0.2) is 40.4 Å². The van der Waals surface area contributed by atoms with E-state index < -0.39 is 5.41 Å². The van der Waals surface area contributed by atoms with Gasteiger partial charge in [-0.1, -0.05) is 39.7 Å². The van der Waals surface area contributed by atoms with E-state index in [-0.39, 0.29) is 18.3 Å². The van der Waals surface area contributed by atoms with Gasteiger partial charge in [-0.15, -0.1) is 12.4 Å². The van der Waals surface area contributed by atoms with Gasteiger partial charge < -0.3 is 10.6 Å². The van der Waals surface area contributed by atoms with Crippen LogP contribution in [-0.2, 0) is 10.2 Å². The molecule has 0 fully saturated rings. The molecule has 3 nitrogen and oxygen atoms in total. The molecule has 0 aromatic heterocycles. The van der Waals surface area contributed by atoms with E-state index >= 15 is 0 Å². The number of hydrogen-bond donors (Lipinski definition) is 2. The molecule has 0 saturated carbocycles. The summed E-state index contributed by atoms with van der Waals surface area (Å²) < 4.78 is 1.03. The Kier molecular flexibility index (Phi) is 6.91. The molecular formula is C16H22BrClN2O. The molecule has 21 heavy (non-hydrogen) atoms. The number of hydrogen-bond acceptors (Lipinski definition) is 2. The van der Waals surface area contributed by atoms with Crippen molar-refractivity contribution in [3.63, 3.8) is 0 Å². The van der Waals surface area contributed by atoms with E-state index in [1.807, 2.05) is 38.1 Å². The van der Waals surface area contributed by atoms with E-state index in [0.29, 0.717) is 6.54 Å². The lowest BCUT2D eigenvalue weighted by Gasteiger charge is -2.25. The van der Waals surface area contributed by atoms with Crippen LogP contribution in [0.2, 0.25) is 0 Å². The lowest BCUT2D eigenvalue weighted by molar-refractivity contribution is -0.125. The number of nitrogens with one attached hydrogen (secondary N) is 2. The molecule has 1 aromatic carbocycles. The monoisotopic (exact) mass is 372 g/mol. The van der Waals surface area contributed by atoms with Gasteiger partial charge in [0.2, 0.25) is 5.91 Å². The molecule has 116 valence electrons. The highest BCUT2D eigenvalue weighted by atomic mass is 79.9. The summed E-state index contributed by atoms with van der Waals surface area (Å²) in [5.41, 5.74) is 1.81. The van der Waals surface area contributed by atoms with Gasteiger partial charge in [-0.3, -0.25) is 4.79 Å². The van der Waals surface area contributed by atoms with Crippen LogP contribution < -0.4 is 10.6 Å². The maximum Gasteiger partial charge on any atom is 0.230 e. The van der Waals surface area contributed by atoms with Crippen LogP contribution in [-0.4, -0.2) is 25.5 Å². The first kappa shape index (κ1) is 18.2. The zero-order valence-corrected chi connectivity index (χ0v) is 14.8. The minimum atomic E-state index is -0.520. The van der Waals surface area contributed by atoms with Crippen molar-refractivity contribution < 1.29 is 4.79 Å². The van der Waals surface area contributed by atoms with E-state index in [9.17, 15) is 4.79 Å². The highest BCUT2D eigenvalue weighted by molar-refractivity contribution is 9.10. The molecule has 2 N–H and O–H groups in total. The fourth-order valence-electron chi connectivity index (χ4n) is 2.24. The summed E-state index contributed by atoms with van der Waals surface area (Å²) in [6.07, 6.45) is 3.18. The minimum absolute atomic E-state index is 0. The van der Waals surface area contributed by atoms with Crippen LogP contribution in [0.3, 0.4) is 0 Å². The minimum Gasteiger partial charge on any atom is -0.352 e. The molecule has 0 unspecified atom stereocenters. The maximum atomic E-state index is 12.4. The molecule has 1 amide bonds. The molecule has 1 aromatic rings. The third kappa shape index (κ3) is 4.83. The smallest absolute Gasteiger partial charge is 0.230 e. The molecule has 1 aliphatic heterocycles. The second-order valence-electron chi connectivity index (χ2n) is 5.63. The maximum absolute atomic E-state index is 12.4. The van der Waals surface area contributed by atoms with Crippen molar-refractivity contribution in [2.24, 2.45) is 0 Å². The summed E-state index contributed by atoms with van der Waals surface area (Å²) in [5, 5.41) is 6.33. The van der Waals surface area contributed by atoms with Crippen molar-refractivity contribution in [2.75, 3.05) is 19.6 Å². The summed E-state index contributed by atoms with van der Waals surface area (Å²) in [5.74, 6) is 0.0688. The number of halogens is 2. The third-order valence-electron chi connectivity index (χ3n) is 3.77. The van der Waals surface area contributed by atoms with E-state index in [1.54, 1.807) is 0 Å². The van der Waals surface area contributed by atoms with Crippen LogP contribution in [0.25, 0.3) is 0 Å². The SMILES string of the molecule is CC(C)(C(=O)NCC1=CCNCC1)c1ccc(Br)cc1.Cl. The van der Waals surface area contributed by atoms with E-state index in [4.69, 9.17) is 0 Å². The fraction of sp³-hybridized carbons (Fsp3) is 0.438. The standard InChI is InChI=1S/C16H21BrN2O.ClH/c1-16(2,13-3-5-14(17)6-4-13)15(20)19-11-12-7-9-18-10-8-12;/h3-7,18H,8-11H2,1-2H3,(H,19,20);1H. The predicted octanol–water partition coefficient (Wildman–Crippen LogP) is 3.18. The third-order valence-corrected chi connectivity index (χ3v) is 4.30. The quantitative estimate of drug-likeness (QED) is 0.796. The Morgan fingerprint density at radius 3 is 2.57 bits per heavy atom. The van der Waals surface area contributed by atoms with Crippen LogP contribution in [0.4, 0.5) is 0 Å². The largest absolute Gasteiger partial charge is 0.352 e. The lowest BCUT2D eigenvalue weighted by Crippen LogP contribution is -2.41. The Balaban J connectivity index is 0.00000220. The van der Waals surface area contributed by atoms with Gasteiger partial charge >= 0.3 is 0 Å². The molecule has 1 heterocycles. The van der Waals surface area contributed by atoms with Gasteiger partial charge in [0.25, 0.3) is 0 Å². The summed E-state index contributed by atoms with van der Waals surface area (Å²) >= 11 is 3.42. The number of rotatable bonds is 4. The van der Waals surface area contributed by atoms with Gasteiger partial charge in [0.15, 0.2) is 0 Å². The highest BCUT2D eigenvalue weighted by Gasteiger charge is 2.29. The summed E-state index contributed by atoms with van der Waals surface area (Å²) in [7, 11) is 0. The summed E-state index contributed by atoms with van der Waals surface area (Å²) in [6.45, 7) is 6.48. The van der Waals surface area contributed by atoms with Crippen molar-refractivity contribution in [1.82, 2.24) is 10.6 Å². The zero-order valence-electron chi connectivity index (χ0n) is 12.4. The zero-order chi connectivity index (χ0) is 14.6. The van der Waals surface area contributed by atoms with Crippen LogP contribution >= 0.6 is 28.3 Å². The van der Waals surface area contributed by atoms with Crippen molar-refractivity contribution in [3.8, 4) is 0 Å². The molecule has 2 rings (SSSR count). The molecule has 0 radical (unpaired) electrons. The Labute approximate surface area is 141 Å². The van der Waals surface area contributed by atoms with E-state index in [0.717, 1.165) is 29.5 Å². The van der Waals surface area contributed by atoms with Crippen molar-refractivity contribution in [1.29, 1.82) is 0 Å². The highest BCUT2D eigenvalue weighted by Crippen LogP contribution is 2.25. The fourth-order valence-corrected chi connectivity index (χ4v) is 2.51. The Morgan fingerprint density at radius 2 is 2.00 bits per heavy atom. The lowest BCUT2D eigenvalue weighted by atomic mass is 9.83. The van der Waals surface area contributed by atoms with Crippen molar-refractivity contribution in [2.45, 2.75) is 25.7 Å². The van der Waals surface area contributed by atoms with Gasteiger partial charge in [-0.25, -0.2) is 0 Å². The second kappa shape index (κ2) is 7.97. The predicted molar refractivity (Wildman–Crippen MR) is 93.0 cm³/mol. The van der Waals surface area contributed by atoms with Gasteiger partial charge in [0, 0.05) is 17.6 Å². The first-order valence-electron chi connectivity index (χ1n) is 6.93. The molecule has 0 saturated heterocycles. The Bertz CT molecular complexity index is 512. The van der Waals surface area contributed by atoms with Crippen LogP contribution in [0, 0.1) is 0 Å². The normalized spacial score (nSPS) is 14.9. The molecular weight excluding hydrogens is 352 g/mol. The average molecular weight is 374 g/mol. The van der Waals surface area contributed by atoms with Crippen molar-refractivity contribution in [3.05, 3.63) is 46.0 Å². The van der Waals surface area contributed by atoms with Gasteiger partial charge in [-0.05, 0) is 44.5 Å². The number of carbonyl (C=O) groups is 1. The molecule has 5 heteroatoms. The first-order valence-corrected chi connectivity index (χ1v) is 7.72. The Hall–Kier alpha value is -0.840. The average Bonchev–Trinajstić information content (AvgIpc) is 2.46. The van der Waals surface area contributed by atoms with Crippen LogP contribution in [0.1, 0.15) is 25.8 Å². The topological polar surface area (TPSA) is 41.1 Å².